The van der Waals surface area contributed by atoms with Gasteiger partial charge in [0.1, 0.15) is 5.75 Å². The van der Waals surface area contributed by atoms with Crippen molar-refractivity contribution in [1.82, 2.24) is 5.32 Å². The fraction of sp³-hybridized carbons (Fsp3) is 0.133. The summed E-state index contributed by atoms with van der Waals surface area (Å²) in [6.45, 7) is 1.85. The molecule has 0 fully saturated rings. The lowest BCUT2D eigenvalue weighted by atomic mass is 10.0. The summed E-state index contributed by atoms with van der Waals surface area (Å²) in [7, 11) is 1.60. The van der Waals surface area contributed by atoms with Gasteiger partial charge in [-0.15, -0.1) is 0 Å². The van der Waals surface area contributed by atoms with Gasteiger partial charge in [0.05, 0.1) is 0 Å². The Morgan fingerprint density at radius 1 is 1.11 bits per heavy atom. The van der Waals surface area contributed by atoms with Crippen LogP contribution in [0.2, 0.25) is 0 Å². The molecule has 3 heteroatoms. The Morgan fingerprint density at radius 2 is 1.83 bits per heavy atom. The van der Waals surface area contributed by atoms with Crippen LogP contribution in [0.25, 0.3) is 11.1 Å². The molecular formula is C15H15NO2. The van der Waals surface area contributed by atoms with Crippen molar-refractivity contribution >= 4 is 5.91 Å². The number of aryl methyl sites for hydroxylation is 1. The molecule has 0 aliphatic carbocycles. The zero-order valence-electron chi connectivity index (χ0n) is 10.4. The Bertz CT molecular complexity index is 591. The molecular weight excluding hydrogens is 226 g/mol. The molecule has 0 unspecified atom stereocenters. The molecule has 0 aliphatic rings. The SMILES string of the molecule is CNC(=O)c1cccc(-c2ccc(C)c(O)c2)c1. The lowest BCUT2D eigenvalue weighted by Gasteiger charge is -2.06. The van der Waals surface area contributed by atoms with E-state index in [1.807, 2.05) is 37.3 Å². The van der Waals surface area contributed by atoms with Gasteiger partial charge in [0.25, 0.3) is 5.91 Å². The molecule has 0 bridgehead atoms. The van der Waals surface area contributed by atoms with Crippen molar-refractivity contribution in [3.05, 3.63) is 53.6 Å². The van der Waals surface area contributed by atoms with Gasteiger partial charge in [0, 0.05) is 12.6 Å². The Hall–Kier alpha value is -2.29. The highest BCUT2D eigenvalue weighted by Crippen LogP contribution is 2.26. The number of amides is 1. The number of carbonyl (C=O) groups excluding carboxylic acids is 1. The van der Waals surface area contributed by atoms with Crippen LogP contribution in [0, 0.1) is 6.92 Å². The van der Waals surface area contributed by atoms with Crippen molar-refractivity contribution in [2.24, 2.45) is 0 Å². The molecule has 0 saturated heterocycles. The Kier molecular flexibility index (Phi) is 3.33. The summed E-state index contributed by atoms with van der Waals surface area (Å²) in [5.41, 5.74) is 3.24. The summed E-state index contributed by atoms with van der Waals surface area (Å²) < 4.78 is 0. The summed E-state index contributed by atoms with van der Waals surface area (Å²) in [4.78, 5) is 11.6. The molecule has 0 aromatic heterocycles. The van der Waals surface area contributed by atoms with Crippen LogP contribution in [-0.4, -0.2) is 18.1 Å². The Labute approximate surface area is 106 Å². The van der Waals surface area contributed by atoms with Gasteiger partial charge in [-0.25, -0.2) is 0 Å². The lowest BCUT2D eigenvalue weighted by Crippen LogP contribution is -2.17. The average molecular weight is 241 g/mol. The third-order valence-electron chi connectivity index (χ3n) is 2.89. The minimum absolute atomic E-state index is 0.117. The second-order valence-corrected chi connectivity index (χ2v) is 4.16. The molecule has 0 heterocycles. The van der Waals surface area contributed by atoms with Gasteiger partial charge in [-0.05, 0) is 41.8 Å². The van der Waals surface area contributed by atoms with E-state index in [9.17, 15) is 9.90 Å². The summed E-state index contributed by atoms with van der Waals surface area (Å²) in [5.74, 6) is 0.144. The highest BCUT2D eigenvalue weighted by Gasteiger charge is 2.06. The van der Waals surface area contributed by atoms with Crippen LogP contribution in [0.5, 0.6) is 5.75 Å². The van der Waals surface area contributed by atoms with Crippen LogP contribution in [-0.2, 0) is 0 Å². The van der Waals surface area contributed by atoms with Crippen molar-refractivity contribution in [3.63, 3.8) is 0 Å². The molecule has 2 rings (SSSR count). The van der Waals surface area contributed by atoms with E-state index in [4.69, 9.17) is 0 Å². The first kappa shape index (κ1) is 12.2. The van der Waals surface area contributed by atoms with Gasteiger partial charge in [-0.1, -0.05) is 24.3 Å². The molecule has 1 amide bonds. The van der Waals surface area contributed by atoms with Gasteiger partial charge in [-0.3, -0.25) is 4.79 Å². The van der Waals surface area contributed by atoms with Crippen molar-refractivity contribution in [3.8, 4) is 16.9 Å². The smallest absolute Gasteiger partial charge is 0.251 e. The number of benzene rings is 2. The summed E-state index contributed by atoms with van der Waals surface area (Å²) in [6.07, 6.45) is 0. The number of nitrogens with one attached hydrogen (secondary N) is 1. The van der Waals surface area contributed by atoms with Gasteiger partial charge in [-0.2, -0.15) is 0 Å². The number of rotatable bonds is 2. The molecule has 0 atom stereocenters. The molecule has 3 nitrogen and oxygen atoms in total. The molecule has 2 aromatic carbocycles. The van der Waals surface area contributed by atoms with E-state index in [1.165, 1.54) is 0 Å². The summed E-state index contributed by atoms with van der Waals surface area (Å²) in [5, 5.41) is 12.3. The predicted octanol–water partition coefficient (Wildman–Crippen LogP) is 2.73. The molecule has 0 radical (unpaired) electrons. The summed E-state index contributed by atoms with van der Waals surface area (Å²) in [6, 6.07) is 12.8. The molecule has 0 spiro atoms. The monoisotopic (exact) mass is 241 g/mol. The number of hydrogen-bond donors (Lipinski definition) is 2. The number of phenols is 1. The maximum atomic E-state index is 11.6. The van der Waals surface area contributed by atoms with Crippen LogP contribution < -0.4 is 5.32 Å². The van der Waals surface area contributed by atoms with Crippen molar-refractivity contribution in [2.75, 3.05) is 7.05 Å². The number of carbonyl (C=O) groups is 1. The fourth-order valence-corrected chi connectivity index (χ4v) is 1.77. The van der Waals surface area contributed by atoms with E-state index in [2.05, 4.69) is 5.32 Å². The first-order valence-corrected chi connectivity index (χ1v) is 5.74. The second kappa shape index (κ2) is 4.92. The van der Waals surface area contributed by atoms with Crippen LogP contribution in [0.3, 0.4) is 0 Å². The number of aromatic hydroxyl groups is 1. The highest BCUT2D eigenvalue weighted by molar-refractivity contribution is 5.95. The Morgan fingerprint density at radius 3 is 2.50 bits per heavy atom. The van der Waals surface area contributed by atoms with E-state index in [1.54, 1.807) is 19.2 Å². The van der Waals surface area contributed by atoms with Gasteiger partial charge >= 0.3 is 0 Å². The van der Waals surface area contributed by atoms with E-state index in [0.717, 1.165) is 16.7 Å². The molecule has 18 heavy (non-hydrogen) atoms. The molecule has 0 aliphatic heterocycles. The maximum Gasteiger partial charge on any atom is 0.251 e. The van der Waals surface area contributed by atoms with Crippen LogP contribution in [0.4, 0.5) is 0 Å². The van der Waals surface area contributed by atoms with Gasteiger partial charge in [0.15, 0.2) is 0 Å². The third-order valence-corrected chi connectivity index (χ3v) is 2.89. The van der Waals surface area contributed by atoms with E-state index < -0.39 is 0 Å². The van der Waals surface area contributed by atoms with E-state index >= 15 is 0 Å². The normalized spacial score (nSPS) is 10.1. The predicted molar refractivity (Wildman–Crippen MR) is 71.7 cm³/mol. The zero-order valence-corrected chi connectivity index (χ0v) is 10.4. The number of phenolic OH excluding ortho intramolecular Hbond substituents is 1. The first-order chi connectivity index (χ1) is 8.61. The van der Waals surface area contributed by atoms with E-state index in [-0.39, 0.29) is 11.7 Å². The lowest BCUT2D eigenvalue weighted by molar-refractivity contribution is 0.0963. The standard InChI is InChI=1S/C15H15NO2/c1-10-6-7-12(9-14(10)17)11-4-3-5-13(8-11)15(18)16-2/h3-9,17H,1-2H3,(H,16,18). The topological polar surface area (TPSA) is 49.3 Å². The van der Waals surface area contributed by atoms with Crippen LogP contribution in [0.15, 0.2) is 42.5 Å². The fourth-order valence-electron chi connectivity index (χ4n) is 1.77. The Balaban J connectivity index is 2.44. The molecule has 2 aromatic rings. The minimum atomic E-state index is -0.117. The molecule has 2 N–H and O–H groups in total. The van der Waals surface area contributed by atoms with Crippen molar-refractivity contribution in [2.45, 2.75) is 6.92 Å². The number of hydrogen-bond acceptors (Lipinski definition) is 2. The second-order valence-electron chi connectivity index (χ2n) is 4.16. The average Bonchev–Trinajstić information content (AvgIpc) is 2.41. The van der Waals surface area contributed by atoms with Crippen molar-refractivity contribution in [1.29, 1.82) is 0 Å². The maximum absolute atomic E-state index is 11.6. The summed E-state index contributed by atoms with van der Waals surface area (Å²) >= 11 is 0. The zero-order chi connectivity index (χ0) is 13.1. The largest absolute Gasteiger partial charge is 0.508 e. The van der Waals surface area contributed by atoms with Crippen LogP contribution in [0.1, 0.15) is 15.9 Å². The van der Waals surface area contributed by atoms with Crippen molar-refractivity contribution < 1.29 is 9.90 Å². The molecule has 0 saturated carbocycles. The minimum Gasteiger partial charge on any atom is -0.508 e. The van der Waals surface area contributed by atoms with Crippen LogP contribution >= 0.6 is 0 Å². The highest BCUT2D eigenvalue weighted by atomic mass is 16.3. The third kappa shape index (κ3) is 2.35. The quantitative estimate of drug-likeness (QED) is 0.849. The first-order valence-electron chi connectivity index (χ1n) is 5.74. The molecule has 92 valence electrons. The van der Waals surface area contributed by atoms with Gasteiger partial charge in [0.2, 0.25) is 0 Å². The van der Waals surface area contributed by atoms with Gasteiger partial charge < -0.3 is 10.4 Å². The van der Waals surface area contributed by atoms with E-state index in [0.29, 0.717) is 5.56 Å².